The summed E-state index contributed by atoms with van der Waals surface area (Å²) in [4.78, 5) is 14.3. The van der Waals surface area contributed by atoms with Crippen molar-refractivity contribution in [2.75, 3.05) is 11.5 Å². The van der Waals surface area contributed by atoms with Crippen molar-refractivity contribution in [3.8, 4) is 0 Å². The number of nitrogens with zero attached hydrogens (tertiary/aromatic N) is 1. The first-order valence-corrected chi connectivity index (χ1v) is 9.42. The van der Waals surface area contributed by atoms with Gasteiger partial charge in [0.05, 0.1) is 17.1 Å². The number of aromatic nitrogens is 1. The second kappa shape index (κ2) is 5.70. The van der Waals surface area contributed by atoms with Gasteiger partial charge in [-0.1, -0.05) is 0 Å². The monoisotopic (exact) mass is 334 g/mol. The summed E-state index contributed by atoms with van der Waals surface area (Å²) in [6.07, 6.45) is 1.78. The van der Waals surface area contributed by atoms with Crippen LogP contribution in [-0.4, -0.2) is 50.4 Å². The molecule has 1 unspecified atom stereocenters. The van der Waals surface area contributed by atoms with Gasteiger partial charge in [0, 0.05) is 12.2 Å². The largest absolute Gasteiger partial charge is 0.478 e. The molecule has 8 nitrogen and oxygen atoms in total. The lowest BCUT2D eigenvalue weighted by molar-refractivity contribution is 0.0696. The first kappa shape index (κ1) is 15.9. The van der Waals surface area contributed by atoms with Crippen LogP contribution < -0.4 is 4.72 Å². The third-order valence-electron chi connectivity index (χ3n) is 3.04. The molecule has 1 aromatic heterocycles. The minimum Gasteiger partial charge on any atom is -0.478 e. The summed E-state index contributed by atoms with van der Waals surface area (Å²) < 4.78 is 49.4. The van der Waals surface area contributed by atoms with E-state index in [0.717, 1.165) is 18.3 Å². The Bertz CT molecular complexity index is 739. The van der Waals surface area contributed by atoms with Crippen LogP contribution >= 0.6 is 0 Å². The van der Waals surface area contributed by atoms with Crippen molar-refractivity contribution >= 4 is 25.8 Å². The summed E-state index contributed by atoms with van der Waals surface area (Å²) >= 11 is 0. The van der Waals surface area contributed by atoms with E-state index in [2.05, 4.69) is 9.71 Å². The third-order valence-corrected chi connectivity index (χ3v) is 6.30. The van der Waals surface area contributed by atoms with Gasteiger partial charge < -0.3 is 5.11 Å². The molecule has 0 radical (unpaired) electrons. The van der Waals surface area contributed by atoms with Gasteiger partial charge in [0.1, 0.15) is 0 Å². The Morgan fingerprint density at radius 1 is 1.38 bits per heavy atom. The topological polar surface area (TPSA) is 130 Å². The van der Waals surface area contributed by atoms with Crippen molar-refractivity contribution < 1.29 is 26.7 Å². The number of aromatic carboxylic acids is 1. The van der Waals surface area contributed by atoms with Crippen molar-refractivity contribution in [2.45, 2.75) is 23.9 Å². The van der Waals surface area contributed by atoms with Crippen LogP contribution in [0.5, 0.6) is 0 Å². The Labute approximate surface area is 122 Å². The van der Waals surface area contributed by atoms with E-state index in [-0.39, 0.29) is 22.1 Å². The number of hydrogen-bond donors (Lipinski definition) is 2. The molecule has 0 saturated carbocycles. The highest BCUT2D eigenvalue weighted by molar-refractivity contribution is 7.91. The maximum atomic E-state index is 12.1. The van der Waals surface area contributed by atoms with Gasteiger partial charge in [-0.05, 0) is 25.0 Å². The average Bonchev–Trinajstić information content (AvgIpc) is 2.37. The van der Waals surface area contributed by atoms with E-state index >= 15 is 0 Å². The van der Waals surface area contributed by atoms with Gasteiger partial charge in [-0.25, -0.2) is 31.3 Å². The molecule has 2 N–H and O–H groups in total. The van der Waals surface area contributed by atoms with Crippen LogP contribution in [0.15, 0.2) is 23.4 Å². The Hall–Kier alpha value is -1.52. The molecule has 10 heteroatoms. The third kappa shape index (κ3) is 3.99. The number of carbonyl (C=O) groups is 1. The second-order valence-electron chi connectivity index (χ2n) is 4.77. The molecule has 1 saturated heterocycles. The molecule has 116 valence electrons. The van der Waals surface area contributed by atoms with Gasteiger partial charge in [-0.15, -0.1) is 0 Å². The molecule has 1 aliphatic rings. The van der Waals surface area contributed by atoms with E-state index in [1.165, 1.54) is 0 Å². The maximum absolute atomic E-state index is 12.1. The molecular formula is C11H14N2O6S2. The Morgan fingerprint density at radius 3 is 2.62 bits per heavy atom. The molecule has 0 bridgehead atoms. The number of rotatable bonds is 4. The lowest BCUT2D eigenvalue weighted by Gasteiger charge is -2.22. The Morgan fingerprint density at radius 2 is 2.10 bits per heavy atom. The van der Waals surface area contributed by atoms with Crippen LogP contribution in [0.25, 0.3) is 0 Å². The summed E-state index contributed by atoms with van der Waals surface area (Å²) in [5.41, 5.74) is -0.130. The van der Waals surface area contributed by atoms with Gasteiger partial charge >= 0.3 is 5.97 Å². The molecule has 1 fully saturated rings. The average molecular weight is 334 g/mol. The van der Waals surface area contributed by atoms with Crippen molar-refractivity contribution in [3.05, 3.63) is 23.9 Å². The molecule has 0 spiro atoms. The Balaban J connectivity index is 2.16. The van der Waals surface area contributed by atoms with E-state index in [4.69, 9.17) is 5.11 Å². The van der Waals surface area contributed by atoms with Gasteiger partial charge in [0.2, 0.25) is 0 Å². The standard InChI is InChI=1S/C11H14N2O6S2/c14-11(15)8-3-4-10(12-6-8)21(18,19)13-9-2-1-5-20(16,17)7-9/h3-4,6,9,13H,1-2,5,7H2,(H,14,15). The molecule has 0 amide bonds. The van der Waals surface area contributed by atoms with E-state index in [1.54, 1.807) is 0 Å². The number of sulfonamides is 1. The van der Waals surface area contributed by atoms with Crippen molar-refractivity contribution in [1.82, 2.24) is 9.71 Å². The van der Waals surface area contributed by atoms with Crippen molar-refractivity contribution in [3.63, 3.8) is 0 Å². The van der Waals surface area contributed by atoms with Gasteiger partial charge in [0.15, 0.2) is 14.9 Å². The van der Waals surface area contributed by atoms with Crippen LogP contribution in [0.3, 0.4) is 0 Å². The molecular weight excluding hydrogens is 320 g/mol. The summed E-state index contributed by atoms with van der Waals surface area (Å²) in [5, 5.41) is 8.39. The molecule has 2 heterocycles. The summed E-state index contributed by atoms with van der Waals surface area (Å²) in [6, 6.07) is 1.51. The highest BCUT2D eigenvalue weighted by atomic mass is 32.2. The minimum atomic E-state index is -3.97. The molecule has 21 heavy (non-hydrogen) atoms. The van der Waals surface area contributed by atoms with Crippen LogP contribution in [0.1, 0.15) is 23.2 Å². The predicted molar refractivity (Wildman–Crippen MR) is 73.2 cm³/mol. The zero-order chi connectivity index (χ0) is 15.7. The predicted octanol–water partition coefficient (Wildman–Crippen LogP) is -0.365. The molecule has 1 atom stereocenters. The number of carboxylic acids is 1. The Kier molecular flexibility index (Phi) is 4.30. The SMILES string of the molecule is O=C(O)c1ccc(S(=O)(=O)NC2CCCS(=O)(=O)C2)nc1. The lowest BCUT2D eigenvalue weighted by atomic mass is 10.2. The molecule has 0 aliphatic carbocycles. The van der Waals surface area contributed by atoms with Crippen LogP contribution in [0.2, 0.25) is 0 Å². The normalized spacial score (nSPS) is 21.8. The molecule has 2 rings (SSSR count). The molecule has 0 aromatic carbocycles. The minimum absolute atomic E-state index is 0.0663. The number of nitrogens with one attached hydrogen (secondary N) is 1. The molecule has 1 aromatic rings. The van der Waals surface area contributed by atoms with Crippen molar-refractivity contribution in [1.29, 1.82) is 0 Å². The fourth-order valence-electron chi connectivity index (χ4n) is 2.06. The number of carboxylic acid groups (broad SMARTS) is 1. The van der Waals surface area contributed by atoms with Crippen LogP contribution in [-0.2, 0) is 19.9 Å². The first-order valence-electron chi connectivity index (χ1n) is 6.12. The van der Waals surface area contributed by atoms with E-state index in [1.807, 2.05) is 0 Å². The highest BCUT2D eigenvalue weighted by Gasteiger charge is 2.29. The summed E-state index contributed by atoms with van der Waals surface area (Å²) in [7, 11) is -7.20. The number of hydrogen-bond acceptors (Lipinski definition) is 6. The van der Waals surface area contributed by atoms with E-state index in [9.17, 15) is 21.6 Å². The fourth-order valence-corrected chi connectivity index (χ4v) is 5.00. The van der Waals surface area contributed by atoms with Gasteiger partial charge in [0.25, 0.3) is 10.0 Å². The summed E-state index contributed by atoms with van der Waals surface area (Å²) in [5.74, 6) is -1.38. The quantitative estimate of drug-likeness (QED) is 0.768. The van der Waals surface area contributed by atoms with E-state index < -0.39 is 31.9 Å². The number of pyridine rings is 1. The fraction of sp³-hybridized carbons (Fsp3) is 0.455. The van der Waals surface area contributed by atoms with Crippen LogP contribution in [0.4, 0.5) is 0 Å². The maximum Gasteiger partial charge on any atom is 0.337 e. The second-order valence-corrected chi connectivity index (χ2v) is 8.65. The lowest BCUT2D eigenvalue weighted by Crippen LogP contribution is -2.43. The zero-order valence-corrected chi connectivity index (χ0v) is 12.5. The number of sulfone groups is 1. The van der Waals surface area contributed by atoms with E-state index in [0.29, 0.717) is 12.8 Å². The molecule has 1 aliphatic heterocycles. The zero-order valence-electron chi connectivity index (χ0n) is 10.9. The smallest absolute Gasteiger partial charge is 0.337 e. The highest BCUT2D eigenvalue weighted by Crippen LogP contribution is 2.15. The van der Waals surface area contributed by atoms with Gasteiger partial charge in [-0.3, -0.25) is 0 Å². The first-order chi connectivity index (χ1) is 9.70. The summed E-state index contributed by atoms with van der Waals surface area (Å²) in [6.45, 7) is 0. The van der Waals surface area contributed by atoms with Crippen LogP contribution in [0, 0.1) is 0 Å². The van der Waals surface area contributed by atoms with Gasteiger partial charge in [-0.2, -0.15) is 0 Å². The van der Waals surface area contributed by atoms with Crippen molar-refractivity contribution in [2.24, 2.45) is 0 Å².